The number of aromatic nitrogens is 4. The fourth-order valence-electron chi connectivity index (χ4n) is 1.40. The molecule has 0 fully saturated rings. The largest absolute Gasteiger partial charge is 0.371 e. The fraction of sp³-hybridized carbons (Fsp3) is 0.300. The molecule has 96 valence electrons. The van der Waals surface area contributed by atoms with Crippen molar-refractivity contribution in [3.8, 4) is 0 Å². The van der Waals surface area contributed by atoms with Gasteiger partial charge in [0.1, 0.15) is 6.33 Å². The molecule has 2 rings (SSSR count). The highest BCUT2D eigenvalue weighted by Gasteiger charge is 2.11. The summed E-state index contributed by atoms with van der Waals surface area (Å²) < 4.78 is 28.3. The molecule has 0 saturated carbocycles. The molecule has 2 N–H and O–H groups in total. The Morgan fingerprint density at radius 1 is 1.28 bits per heavy atom. The van der Waals surface area contributed by atoms with Gasteiger partial charge in [0.25, 0.3) is 0 Å². The second-order valence-corrected chi connectivity index (χ2v) is 3.61. The Balaban J connectivity index is 2.16. The average Bonchev–Trinajstić information content (AvgIpc) is 2.74. The number of hydrogen-bond donors (Lipinski definition) is 2. The zero-order chi connectivity index (χ0) is 13.1. The van der Waals surface area contributed by atoms with Crippen molar-refractivity contribution in [3.05, 3.63) is 29.9 Å². The highest BCUT2D eigenvalue weighted by Crippen LogP contribution is 2.18. The van der Waals surface area contributed by atoms with Gasteiger partial charge in [0, 0.05) is 20.2 Å². The van der Waals surface area contributed by atoms with Crippen LogP contribution in [0.5, 0.6) is 0 Å². The van der Waals surface area contributed by atoms with Gasteiger partial charge in [-0.3, -0.25) is 0 Å². The normalized spacial score (nSPS) is 10.4. The van der Waals surface area contributed by atoms with E-state index in [1.807, 2.05) is 0 Å². The molecule has 0 amide bonds. The van der Waals surface area contributed by atoms with Crippen LogP contribution in [0.1, 0.15) is 5.82 Å². The molecule has 18 heavy (non-hydrogen) atoms. The lowest BCUT2D eigenvalue weighted by atomic mass is 10.4. The molecule has 0 aliphatic carbocycles. The molecule has 6 nitrogen and oxygen atoms in total. The van der Waals surface area contributed by atoms with Gasteiger partial charge in [0.05, 0.1) is 6.54 Å². The molecule has 8 heteroatoms. The number of pyridine rings is 1. The van der Waals surface area contributed by atoms with Crippen molar-refractivity contribution in [2.75, 3.05) is 17.7 Å². The van der Waals surface area contributed by atoms with E-state index >= 15 is 0 Å². The molecular weight excluding hydrogens is 242 g/mol. The summed E-state index contributed by atoms with van der Waals surface area (Å²) in [6, 6.07) is 0.776. The fourth-order valence-corrected chi connectivity index (χ4v) is 1.40. The van der Waals surface area contributed by atoms with Gasteiger partial charge in [-0.1, -0.05) is 0 Å². The molecule has 0 bridgehead atoms. The van der Waals surface area contributed by atoms with Gasteiger partial charge in [-0.25, -0.2) is 13.8 Å². The maximum atomic E-state index is 13.5. The maximum Gasteiger partial charge on any atom is 0.168 e. The molecule has 2 aromatic rings. The molecular formula is C10H12F2N6. The molecule has 0 aliphatic heterocycles. The Kier molecular flexibility index (Phi) is 3.35. The quantitative estimate of drug-likeness (QED) is 0.856. The van der Waals surface area contributed by atoms with E-state index in [2.05, 4.69) is 25.8 Å². The summed E-state index contributed by atoms with van der Waals surface area (Å²) in [4.78, 5) is 3.79. The molecule has 0 aromatic carbocycles. The molecule has 0 atom stereocenters. The van der Waals surface area contributed by atoms with E-state index in [-0.39, 0.29) is 18.2 Å². The highest BCUT2D eigenvalue weighted by molar-refractivity contribution is 5.47. The maximum absolute atomic E-state index is 13.5. The van der Waals surface area contributed by atoms with Crippen molar-refractivity contribution in [2.24, 2.45) is 7.05 Å². The van der Waals surface area contributed by atoms with Crippen LogP contribution in [0.3, 0.4) is 0 Å². The summed E-state index contributed by atoms with van der Waals surface area (Å²) in [5.74, 6) is -0.931. The summed E-state index contributed by atoms with van der Waals surface area (Å²) in [6.45, 7) is 0.245. The van der Waals surface area contributed by atoms with E-state index in [0.29, 0.717) is 5.82 Å². The van der Waals surface area contributed by atoms with Gasteiger partial charge in [-0.05, 0) is 0 Å². The predicted molar refractivity (Wildman–Crippen MR) is 62.0 cm³/mol. The Labute approximate surface area is 102 Å². The standard InChI is InChI=1S/C10H12F2N6/c1-13-9-6(11)3-7(12)10(16-9)14-4-8-17-15-5-18(8)2/h3,5H,4H2,1-2H3,(H2,13,14,16). The second kappa shape index (κ2) is 4.94. The first-order chi connectivity index (χ1) is 8.61. The van der Waals surface area contributed by atoms with E-state index in [1.54, 1.807) is 11.6 Å². The van der Waals surface area contributed by atoms with Crippen LogP contribution in [0.25, 0.3) is 0 Å². The van der Waals surface area contributed by atoms with Crippen molar-refractivity contribution in [1.82, 2.24) is 19.7 Å². The number of rotatable bonds is 4. The minimum absolute atomic E-state index is 0.0168. The third-order valence-electron chi connectivity index (χ3n) is 2.39. The van der Waals surface area contributed by atoms with Gasteiger partial charge < -0.3 is 15.2 Å². The molecule has 2 aromatic heterocycles. The monoisotopic (exact) mass is 254 g/mol. The Morgan fingerprint density at radius 2 is 2.00 bits per heavy atom. The van der Waals surface area contributed by atoms with Crippen molar-refractivity contribution >= 4 is 11.6 Å². The summed E-state index contributed by atoms with van der Waals surface area (Å²) >= 11 is 0. The van der Waals surface area contributed by atoms with Crippen molar-refractivity contribution in [3.63, 3.8) is 0 Å². The number of hydrogen-bond acceptors (Lipinski definition) is 5. The molecule has 0 radical (unpaired) electrons. The molecule has 0 aliphatic rings. The molecule has 2 heterocycles. The van der Waals surface area contributed by atoms with Crippen molar-refractivity contribution < 1.29 is 8.78 Å². The number of anilines is 2. The number of aryl methyl sites for hydroxylation is 1. The topological polar surface area (TPSA) is 67.7 Å². The second-order valence-electron chi connectivity index (χ2n) is 3.61. The van der Waals surface area contributed by atoms with Crippen LogP contribution < -0.4 is 10.6 Å². The Hall–Kier alpha value is -2.25. The van der Waals surface area contributed by atoms with Gasteiger partial charge in [0.2, 0.25) is 0 Å². The highest BCUT2D eigenvalue weighted by atomic mass is 19.1. The minimum atomic E-state index is -0.756. The lowest BCUT2D eigenvalue weighted by Crippen LogP contribution is -2.10. The SMILES string of the molecule is CNc1nc(NCc2nncn2C)c(F)cc1F. The smallest absolute Gasteiger partial charge is 0.168 e. The first-order valence-electron chi connectivity index (χ1n) is 5.22. The summed E-state index contributed by atoms with van der Waals surface area (Å²) in [5, 5.41) is 12.8. The van der Waals surface area contributed by atoms with Crippen molar-refractivity contribution in [2.45, 2.75) is 6.54 Å². The van der Waals surface area contributed by atoms with E-state index < -0.39 is 11.6 Å². The summed E-state index contributed by atoms with van der Waals surface area (Å²) in [7, 11) is 3.28. The van der Waals surface area contributed by atoms with E-state index in [4.69, 9.17) is 0 Å². The van der Waals surface area contributed by atoms with E-state index in [9.17, 15) is 8.78 Å². The van der Waals surface area contributed by atoms with Crippen LogP contribution in [0, 0.1) is 11.6 Å². The van der Waals surface area contributed by atoms with Crippen molar-refractivity contribution in [1.29, 1.82) is 0 Å². The number of nitrogens with zero attached hydrogens (tertiary/aromatic N) is 4. The van der Waals surface area contributed by atoms with Gasteiger partial charge in [-0.2, -0.15) is 0 Å². The Morgan fingerprint density at radius 3 is 2.61 bits per heavy atom. The molecule has 0 spiro atoms. The third-order valence-corrected chi connectivity index (χ3v) is 2.39. The van der Waals surface area contributed by atoms with Crippen LogP contribution in [0.4, 0.5) is 20.4 Å². The summed E-state index contributed by atoms with van der Waals surface area (Å²) in [6.07, 6.45) is 1.53. The lowest BCUT2D eigenvalue weighted by molar-refractivity contribution is 0.578. The van der Waals surface area contributed by atoms with Gasteiger partial charge >= 0.3 is 0 Å². The third kappa shape index (κ3) is 2.36. The van der Waals surface area contributed by atoms with E-state index in [0.717, 1.165) is 6.07 Å². The summed E-state index contributed by atoms with van der Waals surface area (Å²) in [5.41, 5.74) is 0. The van der Waals surface area contributed by atoms with Crippen LogP contribution >= 0.6 is 0 Å². The van der Waals surface area contributed by atoms with Gasteiger partial charge in [0.15, 0.2) is 29.1 Å². The predicted octanol–water partition coefficient (Wildman–Crippen LogP) is 1.14. The zero-order valence-electron chi connectivity index (χ0n) is 9.91. The minimum Gasteiger partial charge on any atom is -0.371 e. The van der Waals surface area contributed by atoms with Crippen LogP contribution in [0.2, 0.25) is 0 Å². The Bertz CT molecular complexity index is 553. The average molecular weight is 254 g/mol. The first kappa shape index (κ1) is 12.2. The van der Waals surface area contributed by atoms with E-state index in [1.165, 1.54) is 13.4 Å². The zero-order valence-corrected chi connectivity index (χ0v) is 9.91. The van der Waals surface area contributed by atoms with Crippen LogP contribution in [-0.2, 0) is 13.6 Å². The van der Waals surface area contributed by atoms with Crippen LogP contribution in [0.15, 0.2) is 12.4 Å². The number of nitrogens with one attached hydrogen (secondary N) is 2. The number of halogens is 2. The lowest BCUT2D eigenvalue weighted by Gasteiger charge is -2.08. The van der Waals surface area contributed by atoms with Crippen LogP contribution in [-0.4, -0.2) is 26.8 Å². The molecule has 0 saturated heterocycles. The van der Waals surface area contributed by atoms with Gasteiger partial charge in [-0.15, -0.1) is 10.2 Å². The molecule has 0 unspecified atom stereocenters. The first-order valence-corrected chi connectivity index (χ1v) is 5.22.